The van der Waals surface area contributed by atoms with E-state index >= 15 is 0 Å². The topological polar surface area (TPSA) is 38.7 Å². The molecule has 0 atom stereocenters. The third-order valence-corrected chi connectivity index (χ3v) is 1.86. The molecule has 96 valence electrons. The van der Waals surface area contributed by atoms with E-state index in [0.717, 1.165) is 5.46 Å². The largest absolute Gasteiger partial charge is 0.508 e. The molecule has 3 nitrogen and oxygen atoms in total. The first-order chi connectivity index (χ1) is 8.13. The maximum atomic E-state index is 9.35. The smallest absolute Gasteiger partial charge is 0.494 e. The molecule has 1 N–H and O–H groups in total. The van der Waals surface area contributed by atoms with Gasteiger partial charge in [-0.2, -0.15) is 0 Å². The highest BCUT2D eigenvalue weighted by atomic mass is 16.6. The molecule has 0 saturated heterocycles. The Kier molecular flexibility index (Phi) is 8.55. The van der Waals surface area contributed by atoms with Crippen LogP contribution in [0, 0.1) is 0 Å². The van der Waals surface area contributed by atoms with Crippen LogP contribution >= 0.6 is 0 Å². The molecule has 17 heavy (non-hydrogen) atoms. The lowest BCUT2D eigenvalue weighted by molar-refractivity contribution is 0.172. The normalized spacial score (nSPS) is 9.76. The second-order valence-corrected chi connectivity index (χ2v) is 3.57. The van der Waals surface area contributed by atoms with Gasteiger partial charge in [0, 0.05) is 12.7 Å². The van der Waals surface area contributed by atoms with Crippen molar-refractivity contribution in [1.82, 2.24) is 0 Å². The molecule has 0 aliphatic carbocycles. The molecule has 0 unspecified atom stereocenters. The third-order valence-electron chi connectivity index (χ3n) is 1.86. The fourth-order valence-electron chi connectivity index (χ4n) is 1.28. The summed E-state index contributed by atoms with van der Waals surface area (Å²) in [6.07, 6.45) is 0.0869. The number of hydrogen-bond acceptors (Lipinski definition) is 3. The Hall–Kier alpha value is -0.995. The zero-order valence-corrected chi connectivity index (χ0v) is 11.4. The molecule has 0 spiro atoms. The van der Waals surface area contributed by atoms with E-state index in [1.54, 1.807) is 18.2 Å². The summed E-state index contributed by atoms with van der Waals surface area (Å²) in [6, 6.07) is 6.94. The maximum Gasteiger partial charge on any atom is 0.494 e. The Morgan fingerprint density at radius 3 is 2.41 bits per heavy atom. The molecule has 1 aromatic rings. The molecule has 0 saturated carbocycles. The fourth-order valence-corrected chi connectivity index (χ4v) is 1.28. The number of rotatable bonds is 5. The summed E-state index contributed by atoms with van der Waals surface area (Å²) in [5.74, 6) is 0.226. The third kappa shape index (κ3) is 6.34. The number of phenols is 1. The average molecular weight is 238 g/mol. The lowest BCUT2D eigenvalue weighted by Gasteiger charge is -2.16. The van der Waals surface area contributed by atoms with Crippen LogP contribution in [-0.4, -0.2) is 24.9 Å². The average Bonchev–Trinajstić information content (AvgIpc) is 2.30. The van der Waals surface area contributed by atoms with E-state index < -0.39 is 7.12 Å². The van der Waals surface area contributed by atoms with E-state index in [4.69, 9.17) is 9.31 Å². The highest BCUT2D eigenvalue weighted by molar-refractivity contribution is 6.61. The molecule has 0 aromatic heterocycles. The van der Waals surface area contributed by atoms with Crippen molar-refractivity contribution in [3.63, 3.8) is 0 Å². The Labute approximate surface area is 105 Å². The summed E-state index contributed by atoms with van der Waals surface area (Å²) in [4.78, 5) is 0. The van der Waals surface area contributed by atoms with Crippen molar-refractivity contribution in [2.75, 3.05) is 6.61 Å². The van der Waals surface area contributed by atoms with Crippen molar-refractivity contribution in [3.05, 3.63) is 24.3 Å². The van der Waals surface area contributed by atoms with E-state index in [1.165, 1.54) is 0 Å². The van der Waals surface area contributed by atoms with Gasteiger partial charge in [-0.3, -0.25) is 0 Å². The van der Waals surface area contributed by atoms with E-state index in [0.29, 0.717) is 6.61 Å². The van der Waals surface area contributed by atoms with Crippen molar-refractivity contribution >= 4 is 12.6 Å². The zero-order valence-electron chi connectivity index (χ0n) is 11.4. The van der Waals surface area contributed by atoms with E-state index in [1.807, 2.05) is 40.7 Å². The molecule has 0 radical (unpaired) electrons. The van der Waals surface area contributed by atoms with E-state index in [-0.39, 0.29) is 11.9 Å². The number of phenolic OH excluding ortho intramolecular Hbond substituents is 1. The van der Waals surface area contributed by atoms with Crippen LogP contribution in [0.2, 0.25) is 0 Å². The van der Waals surface area contributed by atoms with Gasteiger partial charge in [0.25, 0.3) is 0 Å². The van der Waals surface area contributed by atoms with Crippen LogP contribution in [0.4, 0.5) is 0 Å². The minimum Gasteiger partial charge on any atom is -0.508 e. The lowest BCUT2D eigenvalue weighted by Crippen LogP contribution is -2.38. The van der Waals surface area contributed by atoms with Crippen molar-refractivity contribution < 1.29 is 14.4 Å². The molecule has 1 rings (SSSR count). The standard InChI is InChI=1S/C11H17BO3.C2H6/c1-4-14-12(15-9(2)3)10-6-5-7-11(13)8-10;1-2/h5-9,13H,4H2,1-3H3;1-2H3. The Bertz CT molecular complexity index is 302. The summed E-state index contributed by atoms with van der Waals surface area (Å²) >= 11 is 0. The van der Waals surface area contributed by atoms with Gasteiger partial charge in [0.15, 0.2) is 0 Å². The molecular weight excluding hydrogens is 215 g/mol. The van der Waals surface area contributed by atoms with Crippen LogP contribution in [0.3, 0.4) is 0 Å². The lowest BCUT2D eigenvalue weighted by atomic mass is 9.78. The molecule has 1 aromatic carbocycles. The van der Waals surface area contributed by atoms with Crippen molar-refractivity contribution in [3.8, 4) is 5.75 Å². The first-order valence-corrected chi connectivity index (χ1v) is 6.19. The van der Waals surface area contributed by atoms with Gasteiger partial charge in [0.2, 0.25) is 0 Å². The summed E-state index contributed by atoms with van der Waals surface area (Å²) in [5, 5.41) is 9.35. The van der Waals surface area contributed by atoms with Gasteiger partial charge in [-0.25, -0.2) is 0 Å². The second-order valence-electron chi connectivity index (χ2n) is 3.57. The number of benzene rings is 1. The Morgan fingerprint density at radius 1 is 1.29 bits per heavy atom. The van der Waals surface area contributed by atoms with Crippen molar-refractivity contribution in [2.24, 2.45) is 0 Å². The zero-order chi connectivity index (χ0) is 13.3. The predicted molar refractivity (Wildman–Crippen MR) is 72.7 cm³/mol. The molecule has 4 heteroatoms. The second kappa shape index (κ2) is 9.08. The van der Waals surface area contributed by atoms with Gasteiger partial charge >= 0.3 is 7.12 Å². The molecule has 0 aliphatic rings. The fraction of sp³-hybridized carbons (Fsp3) is 0.538. The van der Waals surface area contributed by atoms with Gasteiger partial charge in [0.1, 0.15) is 5.75 Å². The predicted octanol–water partition coefficient (Wildman–Crippen LogP) is 2.58. The quantitative estimate of drug-likeness (QED) is 0.801. The van der Waals surface area contributed by atoms with Gasteiger partial charge in [-0.1, -0.05) is 26.0 Å². The summed E-state index contributed by atoms with van der Waals surface area (Å²) in [6.45, 7) is 10.4. The van der Waals surface area contributed by atoms with Crippen LogP contribution in [0.1, 0.15) is 34.6 Å². The molecule has 0 bridgehead atoms. The molecule has 0 aliphatic heterocycles. The number of hydrogen-bond donors (Lipinski definition) is 1. The first-order valence-electron chi connectivity index (χ1n) is 6.19. The van der Waals surface area contributed by atoms with Crippen LogP contribution in [0.25, 0.3) is 0 Å². The molecular formula is C13H23BO3. The highest BCUT2D eigenvalue weighted by Crippen LogP contribution is 2.06. The summed E-state index contributed by atoms with van der Waals surface area (Å²) in [5.41, 5.74) is 0.838. The summed E-state index contributed by atoms with van der Waals surface area (Å²) < 4.78 is 11.1. The van der Waals surface area contributed by atoms with Gasteiger partial charge in [-0.05, 0) is 38.4 Å². The maximum absolute atomic E-state index is 9.35. The Balaban J connectivity index is 0.00000121. The van der Waals surface area contributed by atoms with Crippen LogP contribution in [0.5, 0.6) is 5.75 Å². The molecule has 0 fully saturated rings. The van der Waals surface area contributed by atoms with Crippen LogP contribution in [-0.2, 0) is 9.31 Å². The number of aromatic hydroxyl groups is 1. The van der Waals surface area contributed by atoms with Gasteiger partial charge < -0.3 is 14.4 Å². The monoisotopic (exact) mass is 238 g/mol. The van der Waals surface area contributed by atoms with Crippen LogP contribution in [0.15, 0.2) is 24.3 Å². The molecule has 0 amide bonds. The van der Waals surface area contributed by atoms with E-state index in [9.17, 15) is 5.11 Å². The SMILES string of the molecule is CC.CCOB(OC(C)C)c1cccc(O)c1. The van der Waals surface area contributed by atoms with Crippen LogP contribution < -0.4 is 5.46 Å². The molecule has 0 heterocycles. The van der Waals surface area contributed by atoms with Gasteiger partial charge in [0.05, 0.1) is 0 Å². The van der Waals surface area contributed by atoms with E-state index in [2.05, 4.69) is 0 Å². The van der Waals surface area contributed by atoms with Crippen molar-refractivity contribution in [2.45, 2.75) is 40.7 Å². The van der Waals surface area contributed by atoms with Gasteiger partial charge in [-0.15, -0.1) is 0 Å². The Morgan fingerprint density at radius 2 is 1.94 bits per heavy atom. The minimum absolute atomic E-state index is 0.0869. The van der Waals surface area contributed by atoms with Crippen molar-refractivity contribution in [1.29, 1.82) is 0 Å². The first kappa shape index (κ1) is 16.0. The highest BCUT2D eigenvalue weighted by Gasteiger charge is 2.22. The summed E-state index contributed by atoms with van der Waals surface area (Å²) in [7, 11) is -0.401. The minimum atomic E-state index is -0.401.